The molecule has 24 heavy (non-hydrogen) atoms. The molecule has 4 nitrogen and oxygen atoms in total. The van der Waals surface area contributed by atoms with Crippen LogP contribution in [-0.2, 0) is 9.47 Å². The topological polar surface area (TPSA) is 38.8 Å². The Labute approximate surface area is 147 Å². The summed E-state index contributed by atoms with van der Waals surface area (Å²) in [6, 6.07) is 0. The van der Waals surface area contributed by atoms with Crippen LogP contribution in [0.15, 0.2) is 0 Å². The van der Waals surface area contributed by atoms with E-state index in [-0.39, 0.29) is 6.09 Å². The Morgan fingerprint density at radius 2 is 1.50 bits per heavy atom. The second-order valence-electron chi connectivity index (χ2n) is 9.45. The summed E-state index contributed by atoms with van der Waals surface area (Å²) in [5.74, 6) is 1.82. The molecule has 2 aliphatic carbocycles. The van der Waals surface area contributed by atoms with E-state index in [1.165, 1.54) is 51.4 Å². The average molecular weight is 338 g/mol. The molecule has 1 spiro atoms. The van der Waals surface area contributed by atoms with Gasteiger partial charge in [0.25, 0.3) is 0 Å². The molecular weight excluding hydrogens is 302 g/mol. The van der Waals surface area contributed by atoms with Crippen LogP contribution < -0.4 is 0 Å². The van der Waals surface area contributed by atoms with Gasteiger partial charge in [0.05, 0.1) is 6.10 Å². The maximum Gasteiger partial charge on any atom is 0.410 e. The van der Waals surface area contributed by atoms with Gasteiger partial charge in [-0.25, -0.2) is 4.79 Å². The van der Waals surface area contributed by atoms with Gasteiger partial charge in [0, 0.05) is 25.6 Å². The largest absolute Gasteiger partial charge is 0.444 e. The first-order valence-corrected chi connectivity index (χ1v) is 9.81. The van der Waals surface area contributed by atoms with Gasteiger partial charge in [-0.2, -0.15) is 0 Å². The standard InChI is InChI=1S/C20H35NO3/c1-19(2,3)24-18(22)21-13-20(14-21)11-9-16(10-12-20)15-5-7-17(23-4)8-6-15/h15-17H,5-14H2,1-4H3. The molecule has 0 aromatic rings. The quantitative estimate of drug-likeness (QED) is 0.738. The van der Waals surface area contributed by atoms with Gasteiger partial charge in [-0.1, -0.05) is 0 Å². The van der Waals surface area contributed by atoms with Crippen molar-refractivity contribution < 1.29 is 14.3 Å². The summed E-state index contributed by atoms with van der Waals surface area (Å²) in [6.07, 6.45) is 10.8. The zero-order valence-corrected chi connectivity index (χ0v) is 16.0. The lowest BCUT2D eigenvalue weighted by molar-refractivity contribution is -0.0604. The van der Waals surface area contributed by atoms with Crippen LogP contribution in [0.25, 0.3) is 0 Å². The van der Waals surface area contributed by atoms with Crippen molar-refractivity contribution in [3.05, 3.63) is 0 Å². The van der Waals surface area contributed by atoms with Gasteiger partial charge in [-0.3, -0.25) is 0 Å². The Kier molecular flexibility index (Phi) is 5.15. The molecule has 0 bridgehead atoms. The monoisotopic (exact) mass is 337 g/mol. The molecule has 1 amide bonds. The van der Waals surface area contributed by atoms with Gasteiger partial charge in [-0.15, -0.1) is 0 Å². The lowest BCUT2D eigenvalue weighted by atomic mass is 9.62. The van der Waals surface area contributed by atoms with Crippen molar-refractivity contribution in [2.75, 3.05) is 20.2 Å². The molecular formula is C20H35NO3. The van der Waals surface area contributed by atoms with Crippen LogP contribution in [0.4, 0.5) is 4.79 Å². The van der Waals surface area contributed by atoms with Crippen molar-refractivity contribution >= 4 is 6.09 Å². The Balaban J connectivity index is 1.41. The first-order chi connectivity index (χ1) is 11.3. The molecule has 1 saturated heterocycles. The summed E-state index contributed by atoms with van der Waals surface area (Å²) in [7, 11) is 1.85. The van der Waals surface area contributed by atoms with E-state index < -0.39 is 5.60 Å². The van der Waals surface area contributed by atoms with Crippen molar-refractivity contribution in [2.45, 2.75) is 83.8 Å². The summed E-state index contributed by atoms with van der Waals surface area (Å²) in [5.41, 5.74) is 0.00960. The second-order valence-corrected chi connectivity index (χ2v) is 9.45. The summed E-state index contributed by atoms with van der Waals surface area (Å²) in [4.78, 5) is 14.0. The number of carbonyl (C=O) groups excluding carboxylic acids is 1. The molecule has 0 N–H and O–H groups in total. The van der Waals surface area contributed by atoms with E-state index in [2.05, 4.69) is 0 Å². The van der Waals surface area contributed by atoms with E-state index in [1.807, 2.05) is 32.8 Å². The van der Waals surface area contributed by atoms with Gasteiger partial charge < -0.3 is 14.4 Å². The highest BCUT2D eigenvalue weighted by Crippen LogP contribution is 2.49. The molecule has 0 atom stereocenters. The average Bonchev–Trinajstić information content (AvgIpc) is 2.51. The minimum atomic E-state index is -0.390. The van der Waals surface area contributed by atoms with Gasteiger partial charge in [0.2, 0.25) is 0 Å². The van der Waals surface area contributed by atoms with Crippen molar-refractivity contribution in [2.24, 2.45) is 17.3 Å². The lowest BCUT2D eigenvalue weighted by Gasteiger charge is -2.54. The number of amides is 1. The highest BCUT2D eigenvalue weighted by molar-refractivity contribution is 5.69. The molecule has 0 aromatic carbocycles. The third-order valence-corrected chi connectivity index (χ3v) is 6.51. The number of ether oxygens (including phenoxy) is 2. The molecule has 3 aliphatic rings. The molecule has 0 unspecified atom stereocenters. The predicted octanol–water partition coefficient (Wildman–Crippen LogP) is 4.62. The van der Waals surface area contributed by atoms with Crippen LogP contribution in [0.1, 0.15) is 72.1 Å². The minimum absolute atomic E-state index is 0.131. The Hall–Kier alpha value is -0.770. The van der Waals surface area contributed by atoms with Crippen molar-refractivity contribution in [3.63, 3.8) is 0 Å². The van der Waals surface area contributed by atoms with Gasteiger partial charge in [0.1, 0.15) is 5.60 Å². The molecule has 138 valence electrons. The number of rotatable bonds is 2. The molecule has 3 fully saturated rings. The number of methoxy groups -OCH3 is 1. The van der Waals surface area contributed by atoms with E-state index in [4.69, 9.17) is 9.47 Å². The smallest absolute Gasteiger partial charge is 0.410 e. The summed E-state index contributed by atoms with van der Waals surface area (Å²) >= 11 is 0. The van der Waals surface area contributed by atoms with E-state index in [0.717, 1.165) is 24.9 Å². The van der Waals surface area contributed by atoms with Gasteiger partial charge in [0.15, 0.2) is 0 Å². The minimum Gasteiger partial charge on any atom is -0.444 e. The van der Waals surface area contributed by atoms with Crippen molar-refractivity contribution in [1.82, 2.24) is 4.90 Å². The van der Waals surface area contributed by atoms with Crippen molar-refractivity contribution in [1.29, 1.82) is 0 Å². The molecule has 0 radical (unpaired) electrons. The number of hydrogen-bond donors (Lipinski definition) is 0. The van der Waals surface area contributed by atoms with Gasteiger partial charge in [-0.05, 0) is 84.0 Å². The molecule has 3 rings (SSSR count). The van der Waals surface area contributed by atoms with Crippen LogP contribution >= 0.6 is 0 Å². The lowest BCUT2D eigenvalue weighted by Crippen LogP contribution is -2.60. The fourth-order valence-corrected chi connectivity index (χ4v) is 5.05. The van der Waals surface area contributed by atoms with Crippen LogP contribution in [-0.4, -0.2) is 42.9 Å². The number of carbonyl (C=O) groups is 1. The first-order valence-electron chi connectivity index (χ1n) is 9.81. The van der Waals surface area contributed by atoms with E-state index in [1.54, 1.807) is 0 Å². The Morgan fingerprint density at radius 1 is 0.958 bits per heavy atom. The molecule has 0 aromatic heterocycles. The third-order valence-electron chi connectivity index (χ3n) is 6.51. The molecule has 4 heteroatoms. The van der Waals surface area contributed by atoms with Gasteiger partial charge >= 0.3 is 6.09 Å². The fraction of sp³-hybridized carbons (Fsp3) is 0.950. The van der Waals surface area contributed by atoms with Crippen LogP contribution in [0, 0.1) is 17.3 Å². The zero-order valence-electron chi connectivity index (χ0n) is 16.0. The van der Waals surface area contributed by atoms with Crippen molar-refractivity contribution in [3.8, 4) is 0 Å². The second kappa shape index (κ2) is 6.86. The SMILES string of the molecule is COC1CCC(C2CCC3(CC2)CN(C(=O)OC(C)(C)C)C3)CC1. The van der Waals surface area contributed by atoms with Crippen LogP contribution in [0.5, 0.6) is 0 Å². The maximum absolute atomic E-state index is 12.1. The molecule has 2 saturated carbocycles. The first kappa shape index (κ1) is 18.0. The number of likely N-dealkylation sites (tertiary alicyclic amines) is 1. The predicted molar refractivity (Wildman–Crippen MR) is 95.0 cm³/mol. The normalized spacial score (nSPS) is 30.9. The summed E-state index contributed by atoms with van der Waals surface area (Å²) in [6.45, 7) is 7.62. The highest BCUT2D eigenvalue weighted by Gasteiger charge is 2.48. The summed E-state index contributed by atoms with van der Waals surface area (Å²) < 4.78 is 11.0. The maximum atomic E-state index is 12.1. The number of nitrogens with zero attached hydrogens (tertiary/aromatic N) is 1. The number of hydrogen-bond acceptors (Lipinski definition) is 3. The zero-order chi connectivity index (χ0) is 17.4. The third kappa shape index (κ3) is 4.07. The fourth-order valence-electron chi connectivity index (χ4n) is 5.05. The highest BCUT2D eigenvalue weighted by atomic mass is 16.6. The molecule has 1 heterocycles. The Morgan fingerprint density at radius 3 is 2.00 bits per heavy atom. The Bertz CT molecular complexity index is 432. The van der Waals surface area contributed by atoms with Crippen LogP contribution in [0.3, 0.4) is 0 Å². The summed E-state index contributed by atoms with van der Waals surface area (Å²) in [5, 5.41) is 0. The van der Waals surface area contributed by atoms with E-state index >= 15 is 0 Å². The van der Waals surface area contributed by atoms with E-state index in [9.17, 15) is 4.79 Å². The van der Waals surface area contributed by atoms with E-state index in [0.29, 0.717) is 11.5 Å². The molecule has 1 aliphatic heterocycles. The van der Waals surface area contributed by atoms with Crippen LogP contribution in [0.2, 0.25) is 0 Å².